The number of amides is 1. The summed E-state index contributed by atoms with van der Waals surface area (Å²) in [5.41, 5.74) is 1.06. The Kier molecular flexibility index (Phi) is 6.23. The number of carbonyl (C=O) groups excluding carboxylic acids is 1. The lowest BCUT2D eigenvalue weighted by molar-refractivity contribution is -0.0511. The molecule has 3 rings (SSSR count). The number of alkyl halides is 2. The lowest BCUT2D eigenvalue weighted by Crippen LogP contribution is -2.14. The van der Waals surface area contributed by atoms with Crippen molar-refractivity contribution in [3.05, 3.63) is 65.4 Å². The lowest BCUT2D eigenvalue weighted by atomic mass is 10.1. The monoisotopic (exact) mass is 422 g/mol. The molecule has 0 atom stereocenters. The van der Waals surface area contributed by atoms with Gasteiger partial charge in [0.05, 0.1) is 30.5 Å². The van der Waals surface area contributed by atoms with E-state index in [4.69, 9.17) is 21.1 Å². The summed E-state index contributed by atoms with van der Waals surface area (Å²) >= 11 is 6.34. The number of hydrogen-bond acceptors (Lipinski definition) is 4. The number of nitrogens with one attached hydrogen (secondary N) is 1. The molecule has 0 aliphatic heterocycles. The van der Waals surface area contributed by atoms with Gasteiger partial charge in [-0.05, 0) is 30.3 Å². The molecule has 29 heavy (non-hydrogen) atoms. The fraction of sp³-hybridized carbons (Fsp3) is 0.150. The van der Waals surface area contributed by atoms with E-state index in [0.29, 0.717) is 16.5 Å². The molecule has 1 amide bonds. The van der Waals surface area contributed by atoms with Crippen molar-refractivity contribution in [3.63, 3.8) is 0 Å². The van der Waals surface area contributed by atoms with Gasteiger partial charge in [-0.15, -0.1) is 0 Å². The van der Waals surface area contributed by atoms with Gasteiger partial charge < -0.3 is 24.1 Å². The Labute approximate surface area is 170 Å². The van der Waals surface area contributed by atoms with Gasteiger partial charge in [-0.3, -0.25) is 4.79 Å². The highest BCUT2D eigenvalue weighted by Gasteiger charge is 2.18. The highest BCUT2D eigenvalue weighted by Crippen LogP contribution is 2.33. The first kappa shape index (κ1) is 20.5. The molecule has 0 saturated heterocycles. The van der Waals surface area contributed by atoms with Gasteiger partial charge in [0.25, 0.3) is 5.91 Å². The van der Waals surface area contributed by atoms with Crippen LogP contribution in [0.4, 0.5) is 14.5 Å². The zero-order valence-corrected chi connectivity index (χ0v) is 16.2. The first-order chi connectivity index (χ1) is 13.9. The smallest absolute Gasteiger partial charge is 0.387 e. The second-order valence-electron chi connectivity index (χ2n) is 5.79. The highest BCUT2D eigenvalue weighted by atomic mass is 35.5. The van der Waals surface area contributed by atoms with Crippen LogP contribution >= 0.6 is 11.6 Å². The average molecular weight is 423 g/mol. The molecule has 0 bridgehead atoms. The number of methoxy groups -OCH3 is 2. The molecule has 152 valence electrons. The molecule has 2 aromatic carbocycles. The van der Waals surface area contributed by atoms with Crippen LogP contribution in [0.3, 0.4) is 0 Å². The summed E-state index contributed by atoms with van der Waals surface area (Å²) in [6.07, 6.45) is 3.62. The zero-order chi connectivity index (χ0) is 21.0. The second kappa shape index (κ2) is 8.83. The predicted molar refractivity (Wildman–Crippen MR) is 105 cm³/mol. The second-order valence-corrected chi connectivity index (χ2v) is 6.20. The normalized spacial score (nSPS) is 10.7. The molecular formula is C20H17ClF2N2O4. The Morgan fingerprint density at radius 2 is 1.72 bits per heavy atom. The van der Waals surface area contributed by atoms with E-state index < -0.39 is 12.5 Å². The van der Waals surface area contributed by atoms with Gasteiger partial charge in [0.2, 0.25) is 0 Å². The third kappa shape index (κ3) is 4.60. The van der Waals surface area contributed by atoms with Gasteiger partial charge in [0.15, 0.2) is 11.5 Å². The maximum absolute atomic E-state index is 12.8. The number of hydrogen-bond donors (Lipinski definition) is 1. The van der Waals surface area contributed by atoms with Crippen LogP contribution in [0, 0.1) is 0 Å². The van der Waals surface area contributed by atoms with E-state index in [2.05, 4.69) is 10.1 Å². The minimum absolute atomic E-state index is 0.111. The fourth-order valence-corrected chi connectivity index (χ4v) is 2.98. The van der Waals surface area contributed by atoms with Gasteiger partial charge >= 0.3 is 6.61 Å². The quantitative estimate of drug-likeness (QED) is 0.582. The molecule has 6 nitrogen and oxygen atoms in total. The number of benzene rings is 2. The number of rotatable bonds is 7. The van der Waals surface area contributed by atoms with Crippen molar-refractivity contribution >= 4 is 23.2 Å². The van der Waals surface area contributed by atoms with Crippen LogP contribution in [0.15, 0.2) is 54.9 Å². The van der Waals surface area contributed by atoms with E-state index in [1.807, 2.05) is 24.5 Å². The number of aromatic nitrogens is 1. The molecule has 0 aliphatic carbocycles. The van der Waals surface area contributed by atoms with Gasteiger partial charge in [0.1, 0.15) is 5.75 Å². The van der Waals surface area contributed by atoms with Gasteiger partial charge in [0, 0.05) is 30.2 Å². The van der Waals surface area contributed by atoms with Crippen LogP contribution in [-0.2, 0) is 0 Å². The third-order valence-electron chi connectivity index (χ3n) is 4.03. The first-order valence-electron chi connectivity index (χ1n) is 8.38. The topological polar surface area (TPSA) is 61.7 Å². The van der Waals surface area contributed by atoms with Gasteiger partial charge in [-0.2, -0.15) is 8.78 Å². The van der Waals surface area contributed by atoms with Crippen molar-refractivity contribution in [1.82, 2.24) is 4.57 Å². The lowest BCUT2D eigenvalue weighted by Gasteiger charge is -2.15. The molecule has 1 aromatic heterocycles. The van der Waals surface area contributed by atoms with Crippen LogP contribution in [0.25, 0.3) is 5.69 Å². The standard InChI is InChI=1S/C20H17ClF2N2O4/c1-27-16-6-5-12(9-18(16)29-20(22)23)24-19(26)13-10-14(21)15(11-17(13)28-2)25-7-3-4-8-25/h3-11,20H,1-2H3,(H,24,26). The number of ether oxygens (including phenoxy) is 3. The molecule has 0 fully saturated rings. The van der Waals surface area contributed by atoms with Gasteiger partial charge in [-0.25, -0.2) is 0 Å². The van der Waals surface area contributed by atoms with Gasteiger partial charge in [-0.1, -0.05) is 11.6 Å². The molecule has 1 heterocycles. The number of carbonyl (C=O) groups is 1. The molecule has 0 radical (unpaired) electrons. The summed E-state index contributed by atoms with van der Waals surface area (Å²) in [4.78, 5) is 12.8. The molecule has 9 heteroatoms. The number of anilines is 1. The summed E-state index contributed by atoms with van der Waals surface area (Å²) in [6.45, 7) is -3.03. The number of nitrogens with zero attached hydrogens (tertiary/aromatic N) is 1. The van der Waals surface area contributed by atoms with Crippen LogP contribution in [0.5, 0.6) is 17.2 Å². The maximum atomic E-state index is 12.8. The first-order valence-corrected chi connectivity index (χ1v) is 8.75. The van der Waals surface area contributed by atoms with E-state index in [9.17, 15) is 13.6 Å². The average Bonchev–Trinajstić information content (AvgIpc) is 3.22. The summed E-state index contributed by atoms with van der Waals surface area (Å²) in [5, 5.41) is 2.95. The zero-order valence-electron chi connectivity index (χ0n) is 15.5. The Hall–Kier alpha value is -3.26. The van der Waals surface area contributed by atoms with E-state index in [1.54, 1.807) is 10.6 Å². The molecule has 0 unspecified atom stereocenters. The maximum Gasteiger partial charge on any atom is 0.387 e. The van der Waals surface area contributed by atoms with Crippen LogP contribution in [0.2, 0.25) is 5.02 Å². The van der Waals surface area contributed by atoms with Crippen LogP contribution < -0.4 is 19.5 Å². The van der Waals surface area contributed by atoms with Crippen LogP contribution in [0.1, 0.15) is 10.4 Å². The largest absolute Gasteiger partial charge is 0.496 e. The number of halogens is 3. The van der Waals surface area contributed by atoms with Crippen molar-refractivity contribution < 1.29 is 27.8 Å². The SMILES string of the molecule is COc1ccc(NC(=O)c2cc(Cl)c(-n3cccc3)cc2OC)cc1OC(F)F. The molecule has 0 aliphatic rings. The molecule has 0 spiro atoms. The fourth-order valence-electron chi connectivity index (χ4n) is 2.72. The predicted octanol–water partition coefficient (Wildman–Crippen LogP) is 5.00. The summed E-state index contributed by atoms with van der Waals surface area (Å²) < 4.78 is 41.7. The highest BCUT2D eigenvalue weighted by molar-refractivity contribution is 6.33. The van der Waals surface area contributed by atoms with Crippen molar-refractivity contribution in [2.45, 2.75) is 6.61 Å². The summed E-state index contributed by atoms with van der Waals surface area (Å²) in [7, 11) is 2.76. The Morgan fingerprint density at radius 1 is 1.03 bits per heavy atom. The van der Waals surface area contributed by atoms with E-state index in [-0.39, 0.29) is 22.7 Å². The molecule has 1 N–H and O–H groups in total. The minimum atomic E-state index is -3.03. The van der Waals surface area contributed by atoms with E-state index >= 15 is 0 Å². The molecule has 3 aromatic rings. The van der Waals surface area contributed by atoms with E-state index in [1.165, 1.54) is 38.5 Å². The molecule has 0 saturated carbocycles. The van der Waals surface area contributed by atoms with Crippen molar-refractivity contribution in [2.75, 3.05) is 19.5 Å². The van der Waals surface area contributed by atoms with Crippen LogP contribution in [-0.4, -0.2) is 31.3 Å². The van der Waals surface area contributed by atoms with Crippen molar-refractivity contribution in [2.24, 2.45) is 0 Å². The Morgan fingerprint density at radius 3 is 2.34 bits per heavy atom. The molecular weight excluding hydrogens is 406 g/mol. The third-order valence-corrected chi connectivity index (χ3v) is 4.34. The van der Waals surface area contributed by atoms with Crippen molar-refractivity contribution in [3.8, 4) is 22.9 Å². The Bertz CT molecular complexity index is 1010. The summed E-state index contributed by atoms with van der Waals surface area (Å²) in [6, 6.07) is 10.9. The Balaban J connectivity index is 1.90. The van der Waals surface area contributed by atoms with E-state index in [0.717, 1.165) is 0 Å². The minimum Gasteiger partial charge on any atom is -0.496 e. The van der Waals surface area contributed by atoms with Crippen molar-refractivity contribution in [1.29, 1.82) is 0 Å². The summed E-state index contributed by atoms with van der Waals surface area (Å²) in [5.74, 6) is -0.322.